The number of imidazole rings is 1. The Hall–Kier alpha value is -3.76. The second-order valence-electron chi connectivity index (χ2n) is 6.47. The van der Waals surface area contributed by atoms with E-state index in [0.29, 0.717) is 5.75 Å². The molecule has 0 saturated heterocycles. The lowest BCUT2D eigenvalue weighted by Crippen LogP contribution is -2.15. The SMILES string of the molecule is COc1ccc2c(c1)nc(C(F)(F)F)n2-c1cnc(NCc2cc(F)ccc2F)cn1. The van der Waals surface area contributed by atoms with Crippen molar-refractivity contribution < 1.29 is 26.7 Å². The predicted octanol–water partition coefficient (Wildman–Crippen LogP) is 4.73. The van der Waals surface area contributed by atoms with Crippen molar-refractivity contribution >= 4 is 16.9 Å². The number of anilines is 1. The molecule has 0 aliphatic carbocycles. The van der Waals surface area contributed by atoms with Gasteiger partial charge >= 0.3 is 6.18 Å². The summed E-state index contributed by atoms with van der Waals surface area (Å²) < 4.78 is 73.6. The summed E-state index contributed by atoms with van der Waals surface area (Å²) in [5.41, 5.74) is 0.321. The van der Waals surface area contributed by atoms with Crippen LogP contribution in [0.2, 0.25) is 0 Å². The van der Waals surface area contributed by atoms with Crippen LogP contribution in [0.4, 0.5) is 27.8 Å². The third-order valence-electron chi connectivity index (χ3n) is 4.45. The number of ether oxygens (including phenoxy) is 1. The number of nitrogens with zero attached hydrogens (tertiary/aromatic N) is 4. The number of halogens is 5. The second kappa shape index (κ2) is 7.82. The highest BCUT2D eigenvalue weighted by atomic mass is 19.4. The van der Waals surface area contributed by atoms with E-state index >= 15 is 0 Å². The highest BCUT2D eigenvalue weighted by Crippen LogP contribution is 2.34. The Morgan fingerprint density at radius 2 is 1.84 bits per heavy atom. The molecular formula is C20H14F5N5O. The van der Waals surface area contributed by atoms with E-state index in [9.17, 15) is 22.0 Å². The summed E-state index contributed by atoms with van der Waals surface area (Å²) in [6.07, 6.45) is -2.41. The maximum absolute atomic E-state index is 13.7. The molecule has 0 amide bonds. The molecule has 0 saturated carbocycles. The van der Waals surface area contributed by atoms with E-state index in [1.54, 1.807) is 0 Å². The fourth-order valence-electron chi connectivity index (χ4n) is 3.00. The summed E-state index contributed by atoms with van der Waals surface area (Å²) >= 11 is 0. The molecule has 160 valence electrons. The lowest BCUT2D eigenvalue weighted by Gasteiger charge is -2.11. The third-order valence-corrected chi connectivity index (χ3v) is 4.45. The van der Waals surface area contributed by atoms with Gasteiger partial charge in [0.1, 0.15) is 23.2 Å². The van der Waals surface area contributed by atoms with Gasteiger partial charge in [-0.15, -0.1) is 0 Å². The number of hydrogen-bond donors (Lipinski definition) is 1. The smallest absolute Gasteiger partial charge is 0.450 e. The van der Waals surface area contributed by atoms with Gasteiger partial charge in [-0.05, 0) is 30.3 Å². The van der Waals surface area contributed by atoms with Crippen LogP contribution < -0.4 is 10.1 Å². The number of hydrogen-bond acceptors (Lipinski definition) is 5. The van der Waals surface area contributed by atoms with Gasteiger partial charge in [-0.25, -0.2) is 23.7 Å². The van der Waals surface area contributed by atoms with E-state index in [0.717, 1.165) is 29.0 Å². The first-order valence-corrected chi connectivity index (χ1v) is 8.90. The molecule has 31 heavy (non-hydrogen) atoms. The topological polar surface area (TPSA) is 64.9 Å². The molecule has 0 aliphatic rings. The molecule has 2 heterocycles. The van der Waals surface area contributed by atoms with E-state index in [-0.39, 0.29) is 34.8 Å². The monoisotopic (exact) mass is 435 g/mol. The molecule has 4 rings (SSSR count). The number of nitrogens with one attached hydrogen (secondary N) is 1. The molecule has 0 atom stereocenters. The fourth-order valence-corrected chi connectivity index (χ4v) is 3.00. The van der Waals surface area contributed by atoms with Gasteiger partial charge in [-0.1, -0.05) is 0 Å². The molecule has 0 radical (unpaired) electrons. The summed E-state index contributed by atoms with van der Waals surface area (Å²) in [5, 5.41) is 2.75. The minimum atomic E-state index is -4.74. The van der Waals surface area contributed by atoms with Gasteiger partial charge in [0, 0.05) is 18.2 Å². The molecule has 0 bridgehead atoms. The lowest BCUT2D eigenvalue weighted by atomic mass is 10.2. The van der Waals surface area contributed by atoms with E-state index in [1.165, 1.54) is 31.5 Å². The Morgan fingerprint density at radius 1 is 1.03 bits per heavy atom. The number of rotatable bonds is 5. The van der Waals surface area contributed by atoms with Gasteiger partial charge in [-0.2, -0.15) is 13.2 Å². The van der Waals surface area contributed by atoms with Crippen molar-refractivity contribution in [3.63, 3.8) is 0 Å². The molecule has 2 aromatic carbocycles. The van der Waals surface area contributed by atoms with E-state index in [1.807, 2.05) is 0 Å². The van der Waals surface area contributed by atoms with Gasteiger partial charge in [0.2, 0.25) is 5.82 Å². The fraction of sp³-hybridized carbons (Fsp3) is 0.150. The van der Waals surface area contributed by atoms with E-state index < -0.39 is 23.6 Å². The average Bonchev–Trinajstić information content (AvgIpc) is 3.14. The normalized spacial score (nSPS) is 11.7. The average molecular weight is 435 g/mol. The van der Waals surface area contributed by atoms with Gasteiger partial charge in [0.05, 0.1) is 30.5 Å². The first-order valence-electron chi connectivity index (χ1n) is 8.90. The van der Waals surface area contributed by atoms with E-state index in [2.05, 4.69) is 20.3 Å². The van der Waals surface area contributed by atoms with Crippen LogP contribution in [-0.4, -0.2) is 26.6 Å². The summed E-state index contributed by atoms with van der Waals surface area (Å²) in [6, 6.07) is 7.37. The summed E-state index contributed by atoms with van der Waals surface area (Å²) in [6.45, 7) is -0.0841. The first kappa shape index (κ1) is 20.5. The maximum Gasteiger partial charge on any atom is 0.450 e. The maximum atomic E-state index is 13.7. The second-order valence-corrected chi connectivity index (χ2v) is 6.47. The number of fused-ring (bicyclic) bond motifs is 1. The van der Waals surface area contributed by atoms with Crippen LogP contribution in [0.25, 0.3) is 16.9 Å². The Bertz CT molecular complexity index is 1240. The van der Waals surface area contributed by atoms with Crippen LogP contribution in [-0.2, 0) is 12.7 Å². The number of alkyl halides is 3. The van der Waals surface area contributed by atoms with Crippen LogP contribution in [0.1, 0.15) is 11.4 Å². The third kappa shape index (κ3) is 4.11. The summed E-state index contributed by atoms with van der Waals surface area (Å²) in [5.74, 6) is -1.93. The van der Waals surface area contributed by atoms with Crippen LogP contribution in [0.5, 0.6) is 5.75 Å². The van der Waals surface area contributed by atoms with Crippen molar-refractivity contribution in [2.24, 2.45) is 0 Å². The van der Waals surface area contributed by atoms with Crippen LogP contribution in [0, 0.1) is 11.6 Å². The molecule has 11 heteroatoms. The quantitative estimate of drug-likeness (QED) is 0.459. The molecule has 2 aromatic heterocycles. The highest BCUT2D eigenvalue weighted by molar-refractivity contribution is 5.79. The van der Waals surface area contributed by atoms with Gasteiger partial charge in [0.25, 0.3) is 0 Å². The number of methoxy groups -OCH3 is 1. The molecule has 0 unspecified atom stereocenters. The minimum absolute atomic E-state index is 0.0692. The molecule has 4 aromatic rings. The Morgan fingerprint density at radius 3 is 2.52 bits per heavy atom. The van der Waals surface area contributed by atoms with Crippen molar-refractivity contribution in [2.45, 2.75) is 12.7 Å². The predicted molar refractivity (Wildman–Crippen MR) is 102 cm³/mol. The van der Waals surface area contributed by atoms with Crippen molar-refractivity contribution in [2.75, 3.05) is 12.4 Å². The van der Waals surface area contributed by atoms with Gasteiger partial charge in [0.15, 0.2) is 5.82 Å². The van der Waals surface area contributed by atoms with E-state index in [4.69, 9.17) is 4.74 Å². The van der Waals surface area contributed by atoms with Crippen molar-refractivity contribution in [1.82, 2.24) is 19.5 Å². The van der Waals surface area contributed by atoms with Gasteiger partial charge in [-0.3, -0.25) is 4.57 Å². The van der Waals surface area contributed by atoms with Crippen LogP contribution in [0.15, 0.2) is 48.8 Å². The Kier molecular flexibility index (Phi) is 5.17. The van der Waals surface area contributed by atoms with Crippen LogP contribution in [0.3, 0.4) is 0 Å². The van der Waals surface area contributed by atoms with Crippen molar-refractivity contribution in [3.05, 3.63) is 71.8 Å². The Labute approximate surface area is 172 Å². The summed E-state index contributed by atoms with van der Waals surface area (Å²) in [4.78, 5) is 11.8. The van der Waals surface area contributed by atoms with Crippen LogP contribution >= 0.6 is 0 Å². The van der Waals surface area contributed by atoms with Crippen molar-refractivity contribution in [3.8, 4) is 11.6 Å². The zero-order valence-corrected chi connectivity index (χ0v) is 15.9. The largest absolute Gasteiger partial charge is 0.497 e. The Balaban J connectivity index is 1.66. The van der Waals surface area contributed by atoms with Crippen molar-refractivity contribution in [1.29, 1.82) is 0 Å². The first-order chi connectivity index (χ1) is 14.8. The molecule has 6 nitrogen and oxygen atoms in total. The summed E-state index contributed by atoms with van der Waals surface area (Å²) in [7, 11) is 1.40. The standard InChI is InChI=1S/C20H14F5N5O/c1-31-13-3-5-16-15(7-13)29-19(20(23,24)25)30(16)18-10-27-17(9-28-18)26-8-11-6-12(21)2-4-14(11)22/h2-7,9-10H,8H2,1H3,(H,26,27). The molecule has 0 aliphatic heterocycles. The zero-order valence-electron chi connectivity index (χ0n) is 15.9. The molecule has 0 spiro atoms. The van der Waals surface area contributed by atoms with Gasteiger partial charge < -0.3 is 10.1 Å². The minimum Gasteiger partial charge on any atom is -0.497 e. The number of benzene rings is 2. The molecule has 1 N–H and O–H groups in total. The number of aromatic nitrogens is 4. The molecule has 0 fully saturated rings. The highest BCUT2D eigenvalue weighted by Gasteiger charge is 2.38. The molecular weight excluding hydrogens is 421 g/mol. The lowest BCUT2D eigenvalue weighted by molar-refractivity contribution is -0.145. The zero-order chi connectivity index (χ0) is 22.2.